The second-order valence-electron chi connectivity index (χ2n) is 7.45. The number of piperidine rings is 1. The third-order valence-electron chi connectivity index (χ3n) is 5.32. The van der Waals surface area contributed by atoms with Crippen LogP contribution in [0, 0.1) is 25.2 Å². The standard InChI is InChI=1S/C20H23ClN6/c1-12-16(10-22)20(24-13(2)18(12)21)27-9-3-4-15(11-27)25-17-7-8-23-19(26-17)14-5-6-14/h7-8,14-15H,3-6,9,11H2,1-2H3,(H,23,25,26). The molecule has 2 aliphatic rings. The van der Waals surface area contributed by atoms with Gasteiger partial charge >= 0.3 is 0 Å². The highest BCUT2D eigenvalue weighted by atomic mass is 35.5. The molecule has 140 valence electrons. The number of pyridine rings is 1. The van der Waals surface area contributed by atoms with Gasteiger partial charge in [-0.2, -0.15) is 5.26 Å². The number of nitriles is 1. The summed E-state index contributed by atoms with van der Waals surface area (Å²) < 4.78 is 0. The maximum atomic E-state index is 9.63. The van der Waals surface area contributed by atoms with Crippen molar-refractivity contribution in [2.24, 2.45) is 0 Å². The number of aromatic nitrogens is 3. The van der Waals surface area contributed by atoms with Crippen molar-refractivity contribution in [3.05, 3.63) is 39.9 Å². The van der Waals surface area contributed by atoms with Crippen molar-refractivity contribution < 1.29 is 0 Å². The molecule has 27 heavy (non-hydrogen) atoms. The van der Waals surface area contributed by atoms with Gasteiger partial charge in [0.15, 0.2) is 0 Å². The predicted molar refractivity (Wildman–Crippen MR) is 106 cm³/mol. The second kappa shape index (κ2) is 7.32. The summed E-state index contributed by atoms with van der Waals surface area (Å²) in [5, 5.41) is 13.8. The SMILES string of the molecule is Cc1nc(N2CCCC(Nc3ccnc(C4CC4)n3)C2)c(C#N)c(C)c1Cl. The average molecular weight is 383 g/mol. The van der Waals surface area contributed by atoms with Crippen LogP contribution in [0.25, 0.3) is 0 Å². The van der Waals surface area contributed by atoms with Crippen molar-refractivity contribution in [1.82, 2.24) is 15.0 Å². The molecule has 0 bridgehead atoms. The number of halogens is 1. The van der Waals surface area contributed by atoms with Gasteiger partial charge in [0.25, 0.3) is 0 Å². The minimum Gasteiger partial charge on any atom is -0.365 e. The van der Waals surface area contributed by atoms with Gasteiger partial charge in [0.05, 0.1) is 16.3 Å². The summed E-state index contributed by atoms with van der Waals surface area (Å²) in [6.07, 6.45) is 6.32. The van der Waals surface area contributed by atoms with Gasteiger partial charge in [-0.25, -0.2) is 15.0 Å². The van der Waals surface area contributed by atoms with E-state index < -0.39 is 0 Å². The van der Waals surface area contributed by atoms with Crippen LogP contribution in [-0.4, -0.2) is 34.1 Å². The number of anilines is 2. The monoisotopic (exact) mass is 382 g/mol. The maximum absolute atomic E-state index is 9.63. The maximum Gasteiger partial charge on any atom is 0.147 e. The van der Waals surface area contributed by atoms with Gasteiger partial charge in [-0.05, 0) is 51.2 Å². The first-order valence-electron chi connectivity index (χ1n) is 9.48. The van der Waals surface area contributed by atoms with E-state index >= 15 is 0 Å². The summed E-state index contributed by atoms with van der Waals surface area (Å²) in [6.45, 7) is 5.45. The van der Waals surface area contributed by atoms with Crippen molar-refractivity contribution in [3.63, 3.8) is 0 Å². The fourth-order valence-corrected chi connectivity index (χ4v) is 3.80. The van der Waals surface area contributed by atoms with Crippen LogP contribution in [-0.2, 0) is 0 Å². The smallest absolute Gasteiger partial charge is 0.147 e. The lowest BCUT2D eigenvalue weighted by Crippen LogP contribution is -2.43. The highest BCUT2D eigenvalue weighted by Gasteiger charge is 2.28. The molecule has 1 atom stereocenters. The minimum absolute atomic E-state index is 0.255. The van der Waals surface area contributed by atoms with Crippen molar-refractivity contribution in [2.75, 3.05) is 23.3 Å². The lowest BCUT2D eigenvalue weighted by Gasteiger charge is -2.35. The number of nitrogens with zero attached hydrogens (tertiary/aromatic N) is 5. The van der Waals surface area contributed by atoms with Crippen LogP contribution in [0.1, 0.15) is 54.2 Å². The molecule has 7 heteroatoms. The van der Waals surface area contributed by atoms with Crippen LogP contribution in [0.2, 0.25) is 5.02 Å². The largest absolute Gasteiger partial charge is 0.365 e. The Hall–Kier alpha value is -2.39. The lowest BCUT2D eigenvalue weighted by molar-refractivity contribution is 0.524. The Bertz CT molecular complexity index is 902. The van der Waals surface area contributed by atoms with E-state index in [2.05, 4.69) is 31.2 Å². The van der Waals surface area contributed by atoms with Gasteiger partial charge in [-0.1, -0.05) is 11.6 Å². The van der Waals surface area contributed by atoms with E-state index in [1.54, 1.807) is 0 Å². The number of rotatable bonds is 4. The fraction of sp³-hybridized carbons (Fsp3) is 0.500. The second-order valence-corrected chi connectivity index (χ2v) is 7.83. The average Bonchev–Trinajstić information content (AvgIpc) is 3.52. The molecule has 0 radical (unpaired) electrons. The molecular weight excluding hydrogens is 360 g/mol. The summed E-state index contributed by atoms with van der Waals surface area (Å²) in [5.74, 6) is 3.11. The molecule has 6 nitrogen and oxygen atoms in total. The number of hydrogen-bond donors (Lipinski definition) is 1. The van der Waals surface area contributed by atoms with Crippen LogP contribution in [0.3, 0.4) is 0 Å². The Morgan fingerprint density at radius 1 is 1.26 bits per heavy atom. The van der Waals surface area contributed by atoms with E-state index in [1.807, 2.05) is 26.1 Å². The van der Waals surface area contributed by atoms with Gasteiger partial charge in [-0.15, -0.1) is 0 Å². The molecule has 0 aromatic carbocycles. The highest BCUT2D eigenvalue weighted by molar-refractivity contribution is 6.32. The van der Waals surface area contributed by atoms with Crippen LogP contribution < -0.4 is 10.2 Å². The van der Waals surface area contributed by atoms with Crippen molar-refractivity contribution >= 4 is 23.2 Å². The first-order valence-corrected chi connectivity index (χ1v) is 9.86. The lowest BCUT2D eigenvalue weighted by atomic mass is 10.0. The van der Waals surface area contributed by atoms with E-state index in [-0.39, 0.29) is 6.04 Å². The van der Waals surface area contributed by atoms with Gasteiger partial charge in [-0.3, -0.25) is 0 Å². The summed E-state index contributed by atoms with van der Waals surface area (Å²) >= 11 is 6.30. The molecule has 2 aromatic heterocycles. The Morgan fingerprint density at radius 3 is 2.81 bits per heavy atom. The molecule has 0 spiro atoms. The zero-order chi connectivity index (χ0) is 19.0. The molecule has 1 saturated carbocycles. The zero-order valence-electron chi connectivity index (χ0n) is 15.7. The molecule has 3 heterocycles. The van der Waals surface area contributed by atoms with Gasteiger partial charge in [0.1, 0.15) is 23.5 Å². The highest BCUT2D eigenvalue weighted by Crippen LogP contribution is 2.38. The van der Waals surface area contributed by atoms with Crippen molar-refractivity contribution in [3.8, 4) is 6.07 Å². The first-order chi connectivity index (χ1) is 13.1. The van der Waals surface area contributed by atoms with Crippen LogP contribution in [0.4, 0.5) is 11.6 Å². The summed E-state index contributed by atoms with van der Waals surface area (Å²) in [5.41, 5.74) is 2.15. The fourth-order valence-electron chi connectivity index (χ4n) is 3.66. The van der Waals surface area contributed by atoms with E-state index in [0.29, 0.717) is 16.5 Å². The summed E-state index contributed by atoms with van der Waals surface area (Å²) in [6, 6.07) is 4.48. The van der Waals surface area contributed by atoms with Crippen molar-refractivity contribution in [1.29, 1.82) is 5.26 Å². The van der Waals surface area contributed by atoms with Crippen molar-refractivity contribution in [2.45, 2.75) is 51.5 Å². The molecule has 1 aliphatic heterocycles. The molecule has 1 aliphatic carbocycles. The molecule has 1 unspecified atom stereocenters. The summed E-state index contributed by atoms with van der Waals surface area (Å²) in [7, 11) is 0. The van der Waals surface area contributed by atoms with Gasteiger partial charge in [0, 0.05) is 31.2 Å². The molecule has 0 amide bonds. The van der Waals surface area contributed by atoms with Crippen LogP contribution >= 0.6 is 11.6 Å². The molecule has 2 aromatic rings. The Labute approximate surface area is 164 Å². The first kappa shape index (κ1) is 18.0. The van der Waals surface area contributed by atoms with E-state index in [9.17, 15) is 5.26 Å². The molecular formula is C20H23ClN6. The minimum atomic E-state index is 0.255. The number of hydrogen-bond acceptors (Lipinski definition) is 6. The Kier molecular flexibility index (Phi) is 4.88. The van der Waals surface area contributed by atoms with Crippen LogP contribution in [0.5, 0.6) is 0 Å². The molecule has 1 N–H and O–H groups in total. The number of nitrogens with one attached hydrogen (secondary N) is 1. The third kappa shape index (κ3) is 3.70. The molecule has 4 rings (SSSR count). The Balaban J connectivity index is 1.53. The van der Waals surface area contributed by atoms with Crippen LogP contribution in [0.15, 0.2) is 12.3 Å². The van der Waals surface area contributed by atoms with Gasteiger partial charge in [0.2, 0.25) is 0 Å². The predicted octanol–water partition coefficient (Wildman–Crippen LogP) is 3.97. The zero-order valence-corrected chi connectivity index (χ0v) is 16.4. The quantitative estimate of drug-likeness (QED) is 0.861. The molecule has 2 fully saturated rings. The van der Waals surface area contributed by atoms with Gasteiger partial charge < -0.3 is 10.2 Å². The van der Waals surface area contributed by atoms with E-state index in [4.69, 9.17) is 11.6 Å². The Morgan fingerprint density at radius 2 is 2.07 bits per heavy atom. The third-order valence-corrected chi connectivity index (χ3v) is 5.88. The van der Waals surface area contributed by atoms with E-state index in [0.717, 1.165) is 54.6 Å². The van der Waals surface area contributed by atoms with E-state index in [1.165, 1.54) is 12.8 Å². The normalized spacial score (nSPS) is 19.6. The summed E-state index contributed by atoms with van der Waals surface area (Å²) in [4.78, 5) is 15.9. The number of aryl methyl sites for hydroxylation is 1. The topological polar surface area (TPSA) is 77.7 Å². The molecule has 1 saturated heterocycles.